The van der Waals surface area contributed by atoms with Gasteiger partial charge in [0.25, 0.3) is 0 Å². The number of nitrogens with zero attached hydrogens (tertiary/aromatic N) is 1. The molecule has 0 bridgehead atoms. The highest BCUT2D eigenvalue weighted by molar-refractivity contribution is 6.31. The van der Waals surface area contributed by atoms with Crippen molar-refractivity contribution < 1.29 is 9.53 Å². The maximum Gasteiger partial charge on any atom is 0.221 e. The lowest BCUT2D eigenvalue weighted by Gasteiger charge is -2.35. The summed E-state index contributed by atoms with van der Waals surface area (Å²) in [7, 11) is 0. The van der Waals surface area contributed by atoms with E-state index in [4.69, 9.17) is 16.3 Å². The van der Waals surface area contributed by atoms with Crippen molar-refractivity contribution >= 4 is 28.9 Å². The first-order chi connectivity index (χ1) is 12.0. The second-order valence-electron chi connectivity index (χ2n) is 6.46. The third-order valence-electron chi connectivity index (χ3n) is 4.50. The first kappa shape index (κ1) is 17.8. The van der Waals surface area contributed by atoms with Gasteiger partial charge in [0.1, 0.15) is 6.10 Å². The molecule has 2 aromatic rings. The van der Waals surface area contributed by atoms with Crippen LogP contribution in [0.2, 0.25) is 5.02 Å². The van der Waals surface area contributed by atoms with Gasteiger partial charge in [0.05, 0.1) is 6.61 Å². The molecule has 1 heterocycles. The van der Waals surface area contributed by atoms with E-state index in [1.54, 1.807) is 0 Å². The molecule has 1 aliphatic rings. The van der Waals surface area contributed by atoms with Crippen molar-refractivity contribution in [3.8, 4) is 0 Å². The maximum atomic E-state index is 11.4. The van der Waals surface area contributed by atoms with Gasteiger partial charge >= 0.3 is 0 Å². The summed E-state index contributed by atoms with van der Waals surface area (Å²) in [5.41, 5.74) is 5.19. The third-order valence-corrected chi connectivity index (χ3v) is 4.85. The van der Waals surface area contributed by atoms with Crippen LogP contribution in [0.15, 0.2) is 36.4 Å². The van der Waals surface area contributed by atoms with E-state index >= 15 is 0 Å². The zero-order valence-corrected chi connectivity index (χ0v) is 15.6. The molecule has 3 rings (SSSR count). The number of morpholine rings is 1. The van der Waals surface area contributed by atoms with E-state index in [9.17, 15) is 4.79 Å². The molecule has 25 heavy (non-hydrogen) atoms. The van der Waals surface area contributed by atoms with E-state index in [1.807, 2.05) is 38.1 Å². The van der Waals surface area contributed by atoms with Gasteiger partial charge in [-0.3, -0.25) is 4.79 Å². The summed E-state index contributed by atoms with van der Waals surface area (Å²) in [5, 5.41) is 3.65. The number of hydrogen-bond acceptors (Lipinski definition) is 3. The zero-order chi connectivity index (χ0) is 18.0. The van der Waals surface area contributed by atoms with E-state index in [-0.39, 0.29) is 12.0 Å². The fraction of sp³-hybridized carbons (Fsp3) is 0.350. The van der Waals surface area contributed by atoms with Gasteiger partial charge in [-0.2, -0.15) is 0 Å². The van der Waals surface area contributed by atoms with Crippen LogP contribution in [0.3, 0.4) is 0 Å². The van der Waals surface area contributed by atoms with E-state index in [1.165, 1.54) is 6.92 Å². The molecule has 1 amide bonds. The number of rotatable bonds is 3. The van der Waals surface area contributed by atoms with Crippen molar-refractivity contribution in [3.05, 3.63) is 58.1 Å². The van der Waals surface area contributed by atoms with Crippen LogP contribution >= 0.6 is 11.6 Å². The quantitative estimate of drug-likeness (QED) is 0.878. The zero-order valence-electron chi connectivity index (χ0n) is 14.8. The Bertz CT molecular complexity index is 768. The number of hydrogen-bond donors (Lipinski definition) is 1. The van der Waals surface area contributed by atoms with Crippen molar-refractivity contribution in [3.63, 3.8) is 0 Å². The number of benzene rings is 2. The first-order valence-electron chi connectivity index (χ1n) is 8.45. The minimum atomic E-state index is -0.0518. The molecule has 132 valence electrons. The number of nitrogens with one attached hydrogen (secondary N) is 1. The Balaban J connectivity index is 1.84. The van der Waals surface area contributed by atoms with Crippen molar-refractivity contribution in [2.75, 3.05) is 29.9 Å². The van der Waals surface area contributed by atoms with Crippen LogP contribution < -0.4 is 10.2 Å². The number of amides is 1. The predicted octanol–water partition coefficient (Wildman–Crippen LogP) is 4.49. The second kappa shape index (κ2) is 7.46. The van der Waals surface area contributed by atoms with E-state index in [0.29, 0.717) is 6.61 Å². The van der Waals surface area contributed by atoms with Crippen LogP contribution in [0.1, 0.15) is 29.7 Å². The van der Waals surface area contributed by atoms with Gasteiger partial charge in [0, 0.05) is 42.0 Å². The number of halogens is 1. The SMILES string of the molecule is CC(=O)Nc1c(C)cc(N2CCOC(c3ccccc3Cl)C2)cc1C. The maximum absolute atomic E-state index is 11.4. The standard InChI is InChI=1S/C20H23ClN2O2/c1-13-10-16(11-14(2)20(13)22-15(3)24)23-8-9-25-19(12-23)17-6-4-5-7-18(17)21/h4-7,10-11,19H,8-9,12H2,1-3H3,(H,22,24). The molecule has 1 atom stereocenters. The van der Waals surface area contributed by atoms with Crippen LogP contribution in [0.4, 0.5) is 11.4 Å². The van der Waals surface area contributed by atoms with Gasteiger partial charge in [0.15, 0.2) is 0 Å². The third kappa shape index (κ3) is 3.97. The largest absolute Gasteiger partial charge is 0.370 e. The van der Waals surface area contributed by atoms with Crippen molar-refractivity contribution in [1.82, 2.24) is 0 Å². The predicted molar refractivity (Wildman–Crippen MR) is 103 cm³/mol. The summed E-state index contributed by atoms with van der Waals surface area (Å²) < 4.78 is 5.95. The number of anilines is 2. The number of carbonyl (C=O) groups excluding carboxylic acids is 1. The molecule has 1 aliphatic heterocycles. The fourth-order valence-corrected chi connectivity index (χ4v) is 3.56. The molecule has 1 fully saturated rings. The van der Waals surface area contributed by atoms with Crippen molar-refractivity contribution in [1.29, 1.82) is 0 Å². The highest BCUT2D eigenvalue weighted by Crippen LogP contribution is 2.33. The Morgan fingerprint density at radius 2 is 1.92 bits per heavy atom. The lowest BCUT2D eigenvalue weighted by atomic mass is 10.0. The molecule has 0 radical (unpaired) electrons. The number of aryl methyl sites for hydroxylation is 2. The summed E-state index contributed by atoms with van der Waals surface area (Å²) in [4.78, 5) is 13.7. The summed E-state index contributed by atoms with van der Waals surface area (Å²) in [6.07, 6.45) is -0.0434. The smallest absolute Gasteiger partial charge is 0.221 e. The van der Waals surface area contributed by atoms with Crippen LogP contribution in [0.5, 0.6) is 0 Å². The Labute approximate surface area is 153 Å². The lowest BCUT2D eigenvalue weighted by molar-refractivity contribution is -0.114. The molecule has 0 aliphatic carbocycles. The van der Waals surface area contributed by atoms with E-state index < -0.39 is 0 Å². The van der Waals surface area contributed by atoms with Crippen LogP contribution in [-0.2, 0) is 9.53 Å². The van der Waals surface area contributed by atoms with Gasteiger partial charge in [-0.15, -0.1) is 0 Å². The molecular formula is C20H23ClN2O2. The van der Waals surface area contributed by atoms with Crippen molar-refractivity contribution in [2.45, 2.75) is 26.9 Å². The second-order valence-corrected chi connectivity index (χ2v) is 6.87. The summed E-state index contributed by atoms with van der Waals surface area (Å²) in [6, 6.07) is 12.1. The minimum Gasteiger partial charge on any atom is -0.370 e. The van der Waals surface area contributed by atoms with Crippen molar-refractivity contribution in [2.24, 2.45) is 0 Å². The van der Waals surface area contributed by atoms with Crippen LogP contribution in [0, 0.1) is 13.8 Å². The Morgan fingerprint density at radius 1 is 1.24 bits per heavy atom. The highest BCUT2D eigenvalue weighted by Gasteiger charge is 2.24. The highest BCUT2D eigenvalue weighted by atomic mass is 35.5. The van der Waals surface area contributed by atoms with Gasteiger partial charge in [-0.05, 0) is 43.2 Å². The molecule has 1 N–H and O–H groups in total. The number of ether oxygens (including phenoxy) is 1. The average Bonchev–Trinajstić information content (AvgIpc) is 2.58. The van der Waals surface area contributed by atoms with Gasteiger partial charge < -0.3 is 15.0 Å². The Morgan fingerprint density at radius 3 is 2.56 bits per heavy atom. The molecule has 1 saturated heterocycles. The topological polar surface area (TPSA) is 41.6 Å². The summed E-state index contributed by atoms with van der Waals surface area (Å²) in [5.74, 6) is -0.0518. The Hall–Kier alpha value is -2.04. The monoisotopic (exact) mass is 358 g/mol. The summed E-state index contributed by atoms with van der Waals surface area (Å²) in [6.45, 7) is 7.81. The minimum absolute atomic E-state index is 0.0434. The molecule has 4 nitrogen and oxygen atoms in total. The fourth-order valence-electron chi connectivity index (χ4n) is 3.30. The molecule has 0 spiro atoms. The molecular weight excluding hydrogens is 336 g/mol. The van der Waals surface area contributed by atoms with Crippen LogP contribution in [-0.4, -0.2) is 25.6 Å². The normalized spacial score (nSPS) is 17.4. The van der Waals surface area contributed by atoms with Crippen LogP contribution in [0.25, 0.3) is 0 Å². The number of carbonyl (C=O) groups is 1. The van der Waals surface area contributed by atoms with E-state index in [2.05, 4.69) is 22.3 Å². The Kier molecular flexibility index (Phi) is 5.30. The molecule has 0 saturated carbocycles. The van der Waals surface area contributed by atoms with Gasteiger partial charge in [-0.1, -0.05) is 29.8 Å². The molecule has 1 unspecified atom stereocenters. The van der Waals surface area contributed by atoms with Gasteiger partial charge in [0.2, 0.25) is 5.91 Å². The lowest BCUT2D eigenvalue weighted by Crippen LogP contribution is -2.38. The summed E-state index contributed by atoms with van der Waals surface area (Å²) >= 11 is 6.33. The first-order valence-corrected chi connectivity index (χ1v) is 8.83. The van der Waals surface area contributed by atoms with Gasteiger partial charge in [-0.25, -0.2) is 0 Å². The average molecular weight is 359 g/mol. The van der Waals surface area contributed by atoms with E-state index in [0.717, 1.165) is 46.2 Å². The molecule has 0 aromatic heterocycles. The molecule has 5 heteroatoms. The molecule has 2 aromatic carbocycles.